The molecule has 0 radical (unpaired) electrons. The second kappa shape index (κ2) is 14.0. The largest absolute Gasteiger partial charge is 0.394 e. The molecule has 0 bridgehead atoms. The van der Waals surface area contributed by atoms with Gasteiger partial charge in [-0.1, -0.05) is 96.8 Å². The van der Waals surface area contributed by atoms with Crippen molar-refractivity contribution in [3.05, 3.63) is 0 Å². The average molecular weight is 359 g/mol. The van der Waals surface area contributed by atoms with E-state index in [1.807, 2.05) is 0 Å². The zero-order chi connectivity index (χ0) is 18.4. The van der Waals surface area contributed by atoms with Gasteiger partial charge in [-0.05, 0) is 6.42 Å². The van der Waals surface area contributed by atoms with Crippen LogP contribution in [0, 0.1) is 0 Å². The third kappa shape index (κ3) is 9.93. The quantitative estimate of drug-likeness (QED) is 0.350. The maximum Gasteiger partial charge on any atom is 0.158 e. The number of hydrogen-bond acceptors (Lipinski definition) is 4. The molecule has 1 heterocycles. The zero-order valence-electron chi connectivity index (χ0n) is 16.4. The van der Waals surface area contributed by atoms with Gasteiger partial charge in [0.25, 0.3) is 0 Å². The van der Waals surface area contributed by atoms with Crippen molar-refractivity contribution >= 4 is 0 Å². The SMILES string of the molecule is CCCCCCCCCCCCCCCC[C@]1(O)CC(O)O[C@@H]1CO. The lowest BCUT2D eigenvalue weighted by atomic mass is 9.89. The lowest BCUT2D eigenvalue weighted by molar-refractivity contribution is -0.121. The summed E-state index contributed by atoms with van der Waals surface area (Å²) in [6.07, 6.45) is 17.6. The molecule has 0 aromatic heterocycles. The van der Waals surface area contributed by atoms with Crippen LogP contribution in [0.4, 0.5) is 0 Å². The van der Waals surface area contributed by atoms with Gasteiger partial charge in [-0.15, -0.1) is 0 Å². The summed E-state index contributed by atoms with van der Waals surface area (Å²) >= 11 is 0. The number of unbranched alkanes of at least 4 members (excludes halogenated alkanes) is 13. The Kier molecular flexibility index (Phi) is 12.8. The van der Waals surface area contributed by atoms with Crippen molar-refractivity contribution in [1.82, 2.24) is 0 Å². The van der Waals surface area contributed by atoms with Gasteiger partial charge in [-0.3, -0.25) is 0 Å². The van der Waals surface area contributed by atoms with E-state index in [9.17, 15) is 15.3 Å². The van der Waals surface area contributed by atoms with Crippen LogP contribution in [0.1, 0.15) is 110 Å². The molecule has 0 aliphatic carbocycles. The van der Waals surface area contributed by atoms with E-state index in [4.69, 9.17) is 4.74 Å². The Bertz CT molecular complexity index is 310. The predicted molar refractivity (Wildman–Crippen MR) is 102 cm³/mol. The summed E-state index contributed by atoms with van der Waals surface area (Å²) in [4.78, 5) is 0. The lowest BCUT2D eigenvalue weighted by Gasteiger charge is -2.26. The van der Waals surface area contributed by atoms with E-state index in [2.05, 4.69) is 6.92 Å². The molecule has 4 heteroatoms. The first-order chi connectivity index (χ1) is 12.1. The number of ether oxygens (including phenoxy) is 1. The normalized spacial score (nSPS) is 26.4. The third-order valence-corrected chi connectivity index (χ3v) is 5.58. The molecule has 0 spiro atoms. The van der Waals surface area contributed by atoms with Crippen molar-refractivity contribution in [1.29, 1.82) is 0 Å². The molecule has 1 rings (SSSR count). The molecule has 1 aliphatic rings. The first kappa shape index (κ1) is 22.9. The van der Waals surface area contributed by atoms with Crippen LogP contribution < -0.4 is 0 Å². The monoisotopic (exact) mass is 358 g/mol. The summed E-state index contributed by atoms with van der Waals surface area (Å²) in [6.45, 7) is 2.04. The van der Waals surface area contributed by atoms with Crippen molar-refractivity contribution in [2.24, 2.45) is 0 Å². The molecular weight excluding hydrogens is 316 g/mol. The van der Waals surface area contributed by atoms with Gasteiger partial charge in [-0.25, -0.2) is 0 Å². The van der Waals surface area contributed by atoms with Gasteiger partial charge >= 0.3 is 0 Å². The molecule has 0 aromatic carbocycles. The predicted octanol–water partition coefficient (Wildman–Crippen LogP) is 4.69. The number of aliphatic hydroxyl groups is 3. The maximum atomic E-state index is 10.5. The van der Waals surface area contributed by atoms with E-state index >= 15 is 0 Å². The van der Waals surface area contributed by atoms with Crippen molar-refractivity contribution in [2.75, 3.05) is 6.61 Å². The summed E-state index contributed by atoms with van der Waals surface area (Å²) in [7, 11) is 0. The van der Waals surface area contributed by atoms with E-state index in [0.29, 0.717) is 6.42 Å². The van der Waals surface area contributed by atoms with Crippen molar-refractivity contribution < 1.29 is 20.1 Å². The minimum Gasteiger partial charge on any atom is -0.394 e. The van der Waals surface area contributed by atoms with Gasteiger partial charge in [0, 0.05) is 6.42 Å². The lowest BCUT2D eigenvalue weighted by Crippen LogP contribution is -2.40. The van der Waals surface area contributed by atoms with Crippen LogP contribution in [-0.4, -0.2) is 39.9 Å². The van der Waals surface area contributed by atoms with E-state index in [1.165, 1.54) is 77.0 Å². The van der Waals surface area contributed by atoms with E-state index < -0.39 is 18.0 Å². The first-order valence-corrected chi connectivity index (χ1v) is 10.8. The van der Waals surface area contributed by atoms with Crippen molar-refractivity contribution in [2.45, 2.75) is 128 Å². The molecule has 0 saturated carbocycles. The highest BCUT2D eigenvalue weighted by Gasteiger charge is 2.45. The molecule has 3 N–H and O–H groups in total. The molecule has 0 aromatic rings. The highest BCUT2D eigenvalue weighted by Crippen LogP contribution is 2.34. The molecule has 150 valence electrons. The minimum absolute atomic E-state index is 0.219. The Morgan fingerprint density at radius 1 is 0.800 bits per heavy atom. The van der Waals surface area contributed by atoms with E-state index in [-0.39, 0.29) is 13.0 Å². The number of hydrogen-bond donors (Lipinski definition) is 3. The van der Waals surface area contributed by atoms with Crippen LogP contribution in [-0.2, 0) is 4.74 Å². The fourth-order valence-electron chi connectivity index (χ4n) is 3.90. The van der Waals surface area contributed by atoms with Crippen molar-refractivity contribution in [3.8, 4) is 0 Å². The molecule has 1 saturated heterocycles. The van der Waals surface area contributed by atoms with Crippen LogP contribution >= 0.6 is 0 Å². The Morgan fingerprint density at radius 3 is 1.68 bits per heavy atom. The summed E-state index contributed by atoms with van der Waals surface area (Å²) in [6, 6.07) is 0. The van der Waals surface area contributed by atoms with Crippen LogP contribution in [0.5, 0.6) is 0 Å². The van der Waals surface area contributed by atoms with E-state index in [1.54, 1.807) is 0 Å². The third-order valence-electron chi connectivity index (χ3n) is 5.58. The van der Waals surface area contributed by atoms with Crippen LogP contribution in [0.15, 0.2) is 0 Å². The molecule has 3 atom stereocenters. The fraction of sp³-hybridized carbons (Fsp3) is 1.00. The van der Waals surface area contributed by atoms with Crippen LogP contribution in [0.2, 0.25) is 0 Å². The molecule has 25 heavy (non-hydrogen) atoms. The van der Waals surface area contributed by atoms with Gasteiger partial charge in [0.05, 0.1) is 12.2 Å². The second-order valence-corrected chi connectivity index (χ2v) is 7.92. The van der Waals surface area contributed by atoms with E-state index in [0.717, 1.165) is 12.8 Å². The fourth-order valence-corrected chi connectivity index (χ4v) is 3.90. The molecule has 0 amide bonds. The molecule has 4 nitrogen and oxygen atoms in total. The van der Waals surface area contributed by atoms with Gasteiger partial charge in [0.1, 0.15) is 6.10 Å². The maximum absolute atomic E-state index is 10.5. The Morgan fingerprint density at radius 2 is 1.24 bits per heavy atom. The molecule has 1 unspecified atom stereocenters. The van der Waals surface area contributed by atoms with Gasteiger partial charge in [-0.2, -0.15) is 0 Å². The molecular formula is C21H42O4. The summed E-state index contributed by atoms with van der Waals surface area (Å²) in [5, 5.41) is 29.2. The zero-order valence-corrected chi connectivity index (χ0v) is 16.4. The Balaban J connectivity index is 1.86. The van der Waals surface area contributed by atoms with Crippen LogP contribution in [0.25, 0.3) is 0 Å². The topological polar surface area (TPSA) is 69.9 Å². The average Bonchev–Trinajstić information content (AvgIpc) is 2.89. The summed E-state index contributed by atoms with van der Waals surface area (Å²) < 4.78 is 5.15. The Hall–Kier alpha value is -0.160. The van der Waals surface area contributed by atoms with Crippen LogP contribution in [0.3, 0.4) is 0 Å². The number of aliphatic hydroxyl groups excluding tert-OH is 2. The van der Waals surface area contributed by atoms with Gasteiger partial charge in [0.2, 0.25) is 0 Å². The minimum atomic E-state index is -1.05. The van der Waals surface area contributed by atoms with Gasteiger partial charge < -0.3 is 20.1 Å². The van der Waals surface area contributed by atoms with Gasteiger partial charge in [0.15, 0.2) is 6.29 Å². The molecule has 1 fully saturated rings. The second-order valence-electron chi connectivity index (χ2n) is 7.92. The Labute approximate surface area is 155 Å². The highest BCUT2D eigenvalue weighted by molar-refractivity contribution is 4.93. The molecule has 1 aliphatic heterocycles. The smallest absolute Gasteiger partial charge is 0.158 e. The first-order valence-electron chi connectivity index (χ1n) is 10.8. The summed E-state index contributed by atoms with van der Waals surface area (Å²) in [5.41, 5.74) is -1.05. The summed E-state index contributed by atoms with van der Waals surface area (Å²) in [5.74, 6) is 0. The number of rotatable bonds is 16. The van der Waals surface area contributed by atoms with Crippen molar-refractivity contribution in [3.63, 3.8) is 0 Å². The highest BCUT2D eigenvalue weighted by atomic mass is 16.6. The standard InChI is InChI=1S/C21H42O4/c1-2-3-4-5-6-7-8-9-10-11-12-13-14-15-16-21(24)17-20(23)25-19(21)18-22/h19-20,22-24H,2-18H2,1H3/t19-,20?,21+/m1/s1.